The molecule has 2 N–H and O–H groups in total. The van der Waals surface area contributed by atoms with Crippen LogP contribution in [0.4, 0.5) is 5.69 Å². The second-order valence-corrected chi connectivity index (χ2v) is 5.75. The van der Waals surface area contributed by atoms with Gasteiger partial charge in [0.1, 0.15) is 6.10 Å². The summed E-state index contributed by atoms with van der Waals surface area (Å²) in [4.78, 5) is 12.3. The van der Waals surface area contributed by atoms with E-state index in [0.717, 1.165) is 30.4 Å². The molecule has 0 heterocycles. The molecule has 1 fully saturated rings. The molecule has 0 radical (unpaired) electrons. The van der Waals surface area contributed by atoms with E-state index < -0.39 is 0 Å². The third kappa shape index (κ3) is 3.09. The minimum Gasteiger partial charge on any atom is -0.458 e. The number of ether oxygens (including phenoxy) is 1. The van der Waals surface area contributed by atoms with Crippen molar-refractivity contribution in [3.63, 3.8) is 0 Å². The Morgan fingerprint density at radius 2 is 1.95 bits per heavy atom. The van der Waals surface area contributed by atoms with Gasteiger partial charge in [0.2, 0.25) is 0 Å². The predicted octanol–water partition coefficient (Wildman–Crippen LogP) is 3.62. The third-order valence-corrected chi connectivity index (χ3v) is 4.04. The number of rotatable bonds is 2. The third-order valence-electron chi connectivity index (χ3n) is 4.04. The number of esters is 1. The summed E-state index contributed by atoms with van der Waals surface area (Å²) in [6.07, 6.45) is 4.53. The molecule has 2 rings (SSSR count). The fraction of sp³-hybridized carbons (Fsp3) is 0.562. The molecule has 1 aromatic carbocycles. The Morgan fingerprint density at radius 3 is 2.63 bits per heavy atom. The number of nitrogen functional groups attached to an aromatic ring is 1. The first-order valence-electron chi connectivity index (χ1n) is 7.06. The standard InChI is InChI=1S/C16H23NO2/c1-10-8-12(3)15(17)13(9-10)16(18)19-14-7-5-4-6-11(14)2/h8-9,11,14H,4-7,17H2,1-3H3. The molecule has 3 heteroatoms. The highest BCUT2D eigenvalue weighted by molar-refractivity contribution is 5.96. The summed E-state index contributed by atoms with van der Waals surface area (Å²) >= 11 is 0. The summed E-state index contributed by atoms with van der Waals surface area (Å²) in [6, 6.07) is 3.80. The monoisotopic (exact) mass is 261 g/mol. The van der Waals surface area contributed by atoms with Gasteiger partial charge in [-0.3, -0.25) is 0 Å². The lowest BCUT2D eigenvalue weighted by Crippen LogP contribution is -2.28. The first-order valence-corrected chi connectivity index (χ1v) is 7.06. The summed E-state index contributed by atoms with van der Waals surface area (Å²) in [6.45, 7) is 6.04. The minimum absolute atomic E-state index is 0.0430. The Hall–Kier alpha value is -1.51. The van der Waals surface area contributed by atoms with E-state index in [2.05, 4.69) is 6.92 Å². The summed E-state index contributed by atoms with van der Waals surface area (Å²) in [5.74, 6) is 0.174. The van der Waals surface area contributed by atoms with Gasteiger partial charge >= 0.3 is 5.97 Å². The predicted molar refractivity (Wildman–Crippen MR) is 77.2 cm³/mol. The number of anilines is 1. The van der Waals surface area contributed by atoms with E-state index in [-0.39, 0.29) is 12.1 Å². The van der Waals surface area contributed by atoms with Crippen molar-refractivity contribution >= 4 is 11.7 Å². The number of hydrogen-bond acceptors (Lipinski definition) is 3. The molecule has 2 unspecified atom stereocenters. The minimum atomic E-state index is -0.275. The molecule has 104 valence electrons. The van der Waals surface area contributed by atoms with Crippen LogP contribution in [0.3, 0.4) is 0 Å². The van der Waals surface area contributed by atoms with Crippen molar-refractivity contribution in [1.82, 2.24) is 0 Å². The average Bonchev–Trinajstić information content (AvgIpc) is 2.36. The van der Waals surface area contributed by atoms with E-state index in [1.165, 1.54) is 6.42 Å². The Morgan fingerprint density at radius 1 is 1.26 bits per heavy atom. The lowest BCUT2D eigenvalue weighted by atomic mass is 9.88. The fourth-order valence-corrected chi connectivity index (χ4v) is 2.81. The number of aryl methyl sites for hydroxylation is 2. The molecule has 1 aliphatic carbocycles. The quantitative estimate of drug-likeness (QED) is 0.653. The molecule has 3 nitrogen and oxygen atoms in total. The fourth-order valence-electron chi connectivity index (χ4n) is 2.81. The second kappa shape index (κ2) is 5.64. The van der Waals surface area contributed by atoms with Gasteiger partial charge in [0.15, 0.2) is 0 Å². The lowest BCUT2D eigenvalue weighted by molar-refractivity contribution is 0.00491. The first-order chi connectivity index (χ1) is 8.99. The molecule has 2 atom stereocenters. The van der Waals surface area contributed by atoms with Crippen LogP contribution >= 0.6 is 0 Å². The molecule has 1 saturated carbocycles. The van der Waals surface area contributed by atoms with Crippen molar-refractivity contribution in [3.05, 3.63) is 28.8 Å². The van der Waals surface area contributed by atoms with Crippen molar-refractivity contribution in [2.75, 3.05) is 5.73 Å². The van der Waals surface area contributed by atoms with Crippen LogP contribution in [0.5, 0.6) is 0 Å². The Bertz CT molecular complexity index is 482. The zero-order valence-corrected chi connectivity index (χ0v) is 12.0. The highest BCUT2D eigenvalue weighted by atomic mass is 16.5. The summed E-state index contributed by atoms with van der Waals surface area (Å²) in [5, 5.41) is 0. The highest BCUT2D eigenvalue weighted by Crippen LogP contribution is 2.28. The van der Waals surface area contributed by atoms with Crippen molar-refractivity contribution in [3.8, 4) is 0 Å². The first kappa shape index (κ1) is 13.9. The zero-order valence-electron chi connectivity index (χ0n) is 12.0. The van der Waals surface area contributed by atoms with E-state index >= 15 is 0 Å². The summed E-state index contributed by atoms with van der Waals surface area (Å²) in [7, 11) is 0. The van der Waals surface area contributed by atoms with Crippen LogP contribution in [-0.4, -0.2) is 12.1 Å². The number of carbonyl (C=O) groups excluding carboxylic acids is 1. The molecule has 1 aliphatic rings. The number of hydrogen-bond donors (Lipinski definition) is 1. The second-order valence-electron chi connectivity index (χ2n) is 5.75. The van der Waals surface area contributed by atoms with Crippen molar-refractivity contribution < 1.29 is 9.53 Å². The molecular weight excluding hydrogens is 238 g/mol. The van der Waals surface area contributed by atoms with Gasteiger partial charge in [0.05, 0.1) is 5.56 Å². The van der Waals surface area contributed by atoms with Crippen LogP contribution in [0.1, 0.15) is 54.1 Å². The normalized spacial score (nSPS) is 23.1. The molecule has 1 aromatic rings. The molecule has 0 aromatic heterocycles. The Kier molecular flexibility index (Phi) is 4.13. The van der Waals surface area contributed by atoms with Gasteiger partial charge in [-0.1, -0.05) is 19.4 Å². The Labute approximate surface area is 115 Å². The van der Waals surface area contributed by atoms with Gasteiger partial charge in [0.25, 0.3) is 0 Å². The number of nitrogens with two attached hydrogens (primary N) is 1. The van der Waals surface area contributed by atoms with Crippen molar-refractivity contribution in [2.45, 2.75) is 52.6 Å². The maximum Gasteiger partial charge on any atom is 0.340 e. The van der Waals surface area contributed by atoms with E-state index in [9.17, 15) is 4.79 Å². The zero-order chi connectivity index (χ0) is 14.0. The maximum absolute atomic E-state index is 12.3. The molecular formula is C16H23NO2. The number of carbonyl (C=O) groups is 1. The van der Waals surface area contributed by atoms with E-state index in [1.54, 1.807) is 0 Å². The Balaban J connectivity index is 2.15. The van der Waals surface area contributed by atoms with Crippen LogP contribution in [0.2, 0.25) is 0 Å². The van der Waals surface area contributed by atoms with Gasteiger partial charge in [-0.2, -0.15) is 0 Å². The highest BCUT2D eigenvalue weighted by Gasteiger charge is 2.26. The smallest absolute Gasteiger partial charge is 0.340 e. The topological polar surface area (TPSA) is 52.3 Å². The average molecular weight is 261 g/mol. The molecule has 0 amide bonds. The van der Waals surface area contributed by atoms with E-state index in [4.69, 9.17) is 10.5 Å². The number of benzene rings is 1. The van der Waals surface area contributed by atoms with Gasteiger partial charge in [-0.15, -0.1) is 0 Å². The van der Waals surface area contributed by atoms with E-state index in [0.29, 0.717) is 17.2 Å². The van der Waals surface area contributed by atoms with Crippen LogP contribution in [-0.2, 0) is 4.74 Å². The van der Waals surface area contributed by atoms with Gasteiger partial charge in [-0.05, 0) is 56.2 Å². The van der Waals surface area contributed by atoms with Crippen LogP contribution in [0.15, 0.2) is 12.1 Å². The van der Waals surface area contributed by atoms with Crippen LogP contribution in [0, 0.1) is 19.8 Å². The maximum atomic E-state index is 12.3. The van der Waals surface area contributed by atoms with Gasteiger partial charge in [0, 0.05) is 5.69 Å². The molecule has 0 saturated heterocycles. The molecule has 0 aliphatic heterocycles. The largest absolute Gasteiger partial charge is 0.458 e. The van der Waals surface area contributed by atoms with Gasteiger partial charge < -0.3 is 10.5 Å². The van der Waals surface area contributed by atoms with E-state index in [1.807, 2.05) is 26.0 Å². The van der Waals surface area contributed by atoms with Gasteiger partial charge in [-0.25, -0.2) is 4.79 Å². The van der Waals surface area contributed by atoms with Crippen LogP contribution in [0.25, 0.3) is 0 Å². The van der Waals surface area contributed by atoms with Crippen molar-refractivity contribution in [1.29, 1.82) is 0 Å². The summed E-state index contributed by atoms with van der Waals surface area (Å²) in [5.41, 5.74) is 9.01. The summed E-state index contributed by atoms with van der Waals surface area (Å²) < 4.78 is 5.66. The molecule has 0 bridgehead atoms. The van der Waals surface area contributed by atoms with Crippen LogP contribution < -0.4 is 5.73 Å². The molecule has 19 heavy (non-hydrogen) atoms. The lowest BCUT2D eigenvalue weighted by Gasteiger charge is -2.28. The molecule has 0 spiro atoms. The SMILES string of the molecule is Cc1cc(C)c(N)c(C(=O)OC2CCCCC2C)c1. The van der Waals surface area contributed by atoms with Crippen molar-refractivity contribution in [2.24, 2.45) is 5.92 Å².